The molecular formula is C14H14S. The minimum absolute atomic E-state index is 1.04. The van der Waals surface area contributed by atoms with Gasteiger partial charge in [-0.25, -0.2) is 0 Å². The molecule has 0 aliphatic heterocycles. The van der Waals surface area contributed by atoms with Gasteiger partial charge < -0.3 is 0 Å². The van der Waals surface area contributed by atoms with Crippen LogP contribution in [-0.2, 0) is 6.42 Å². The lowest BCUT2D eigenvalue weighted by atomic mass is 9.98. The Hall–Kier alpha value is -1.21. The Balaban J connectivity index is 2.61. The second-order valence-electron chi connectivity index (χ2n) is 3.53. The normalized spacial score (nSPS) is 10.3. The third-order valence-corrected chi connectivity index (χ3v) is 2.94. The van der Waals surface area contributed by atoms with Crippen LogP contribution in [0.3, 0.4) is 0 Å². The van der Waals surface area contributed by atoms with Crippen molar-refractivity contribution in [3.05, 3.63) is 54.1 Å². The fourth-order valence-corrected chi connectivity index (χ4v) is 2.18. The molecule has 0 amide bonds. The van der Waals surface area contributed by atoms with Gasteiger partial charge in [0.25, 0.3) is 0 Å². The van der Waals surface area contributed by atoms with E-state index < -0.39 is 0 Å². The maximum absolute atomic E-state index is 4.53. The van der Waals surface area contributed by atoms with Gasteiger partial charge in [-0.3, -0.25) is 0 Å². The minimum atomic E-state index is 1.04. The summed E-state index contributed by atoms with van der Waals surface area (Å²) in [5.41, 5.74) is 3.87. The zero-order valence-electron chi connectivity index (χ0n) is 8.77. The van der Waals surface area contributed by atoms with Gasteiger partial charge in [-0.2, -0.15) is 0 Å². The SMILES string of the molecule is CCc1cccc(S)c1-c1ccccc1. The number of thiol groups is 1. The van der Waals surface area contributed by atoms with Crippen molar-refractivity contribution in [3.8, 4) is 11.1 Å². The van der Waals surface area contributed by atoms with Crippen LogP contribution in [0.15, 0.2) is 53.4 Å². The topological polar surface area (TPSA) is 0 Å². The van der Waals surface area contributed by atoms with Gasteiger partial charge in [-0.15, -0.1) is 12.6 Å². The lowest BCUT2D eigenvalue weighted by Gasteiger charge is -2.10. The first-order valence-electron chi connectivity index (χ1n) is 5.19. The molecule has 15 heavy (non-hydrogen) atoms. The highest BCUT2D eigenvalue weighted by Gasteiger charge is 2.06. The summed E-state index contributed by atoms with van der Waals surface area (Å²) in [6.07, 6.45) is 1.04. The summed E-state index contributed by atoms with van der Waals surface area (Å²) in [5.74, 6) is 0. The standard InChI is InChI=1S/C14H14S/c1-2-11-9-6-10-13(15)14(11)12-7-4-3-5-8-12/h3-10,15H,2H2,1H3. The molecule has 0 aliphatic rings. The fourth-order valence-electron chi connectivity index (χ4n) is 1.82. The molecule has 1 heteroatoms. The zero-order chi connectivity index (χ0) is 10.7. The summed E-state index contributed by atoms with van der Waals surface area (Å²) in [6.45, 7) is 2.18. The van der Waals surface area contributed by atoms with Gasteiger partial charge in [0, 0.05) is 4.90 Å². The first-order valence-corrected chi connectivity index (χ1v) is 5.64. The summed E-state index contributed by atoms with van der Waals surface area (Å²) in [4.78, 5) is 1.06. The smallest absolute Gasteiger partial charge is 0.0121 e. The number of benzene rings is 2. The van der Waals surface area contributed by atoms with Crippen molar-refractivity contribution in [1.29, 1.82) is 0 Å². The molecular weight excluding hydrogens is 200 g/mol. The molecule has 0 aromatic heterocycles. The molecule has 0 heterocycles. The van der Waals surface area contributed by atoms with Crippen LogP contribution in [0.25, 0.3) is 11.1 Å². The van der Waals surface area contributed by atoms with Crippen LogP contribution in [0.1, 0.15) is 12.5 Å². The van der Waals surface area contributed by atoms with Gasteiger partial charge in [-0.05, 0) is 29.2 Å². The van der Waals surface area contributed by atoms with Crippen molar-refractivity contribution in [2.75, 3.05) is 0 Å². The highest BCUT2D eigenvalue weighted by Crippen LogP contribution is 2.30. The van der Waals surface area contributed by atoms with E-state index in [4.69, 9.17) is 0 Å². The van der Waals surface area contributed by atoms with E-state index in [0.29, 0.717) is 0 Å². The van der Waals surface area contributed by atoms with Crippen LogP contribution in [0.4, 0.5) is 0 Å². The van der Waals surface area contributed by atoms with E-state index >= 15 is 0 Å². The van der Waals surface area contributed by atoms with E-state index in [1.807, 2.05) is 12.1 Å². The Morgan fingerprint density at radius 1 is 0.933 bits per heavy atom. The van der Waals surface area contributed by atoms with Gasteiger partial charge in [-0.1, -0.05) is 49.4 Å². The monoisotopic (exact) mass is 214 g/mol. The molecule has 0 saturated carbocycles. The Labute approximate surface area is 96.4 Å². The first kappa shape index (κ1) is 10.3. The molecule has 0 spiro atoms. The molecule has 0 fully saturated rings. The van der Waals surface area contributed by atoms with Crippen molar-refractivity contribution < 1.29 is 0 Å². The molecule has 0 nitrogen and oxygen atoms in total. The molecule has 0 unspecified atom stereocenters. The highest BCUT2D eigenvalue weighted by molar-refractivity contribution is 7.80. The highest BCUT2D eigenvalue weighted by atomic mass is 32.1. The van der Waals surface area contributed by atoms with E-state index in [-0.39, 0.29) is 0 Å². The second-order valence-corrected chi connectivity index (χ2v) is 4.01. The molecule has 76 valence electrons. The Bertz CT molecular complexity index is 446. The lowest BCUT2D eigenvalue weighted by molar-refractivity contribution is 1.13. The van der Waals surface area contributed by atoms with E-state index in [2.05, 4.69) is 56.0 Å². The van der Waals surface area contributed by atoms with E-state index in [9.17, 15) is 0 Å². The number of rotatable bonds is 2. The van der Waals surface area contributed by atoms with Crippen LogP contribution >= 0.6 is 12.6 Å². The maximum atomic E-state index is 4.53. The van der Waals surface area contributed by atoms with Crippen LogP contribution in [-0.4, -0.2) is 0 Å². The third kappa shape index (κ3) is 2.07. The van der Waals surface area contributed by atoms with Crippen LogP contribution in [0.2, 0.25) is 0 Å². The summed E-state index contributed by atoms with van der Waals surface area (Å²) in [6, 6.07) is 16.7. The Kier molecular flexibility index (Phi) is 3.12. The van der Waals surface area contributed by atoms with Crippen molar-refractivity contribution in [3.63, 3.8) is 0 Å². The van der Waals surface area contributed by atoms with Gasteiger partial charge in [0.05, 0.1) is 0 Å². The van der Waals surface area contributed by atoms with Crippen molar-refractivity contribution >= 4 is 12.6 Å². The predicted octanol–water partition coefficient (Wildman–Crippen LogP) is 4.20. The molecule has 0 bridgehead atoms. The molecule has 2 aromatic carbocycles. The molecule has 0 N–H and O–H groups in total. The van der Waals surface area contributed by atoms with E-state index in [0.717, 1.165) is 11.3 Å². The first-order chi connectivity index (χ1) is 7.33. The van der Waals surface area contributed by atoms with Gasteiger partial charge in [0.15, 0.2) is 0 Å². The molecule has 0 atom stereocenters. The summed E-state index contributed by atoms with van der Waals surface area (Å²) in [7, 11) is 0. The van der Waals surface area contributed by atoms with Crippen molar-refractivity contribution in [2.24, 2.45) is 0 Å². The summed E-state index contributed by atoms with van der Waals surface area (Å²) >= 11 is 4.53. The number of aryl methyl sites for hydroxylation is 1. The van der Waals surface area contributed by atoms with Gasteiger partial charge in [0.1, 0.15) is 0 Å². The minimum Gasteiger partial charge on any atom is -0.143 e. The molecule has 2 rings (SSSR count). The average molecular weight is 214 g/mol. The van der Waals surface area contributed by atoms with Gasteiger partial charge >= 0.3 is 0 Å². The van der Waals surface area contributed by atoms with E-state index in [1.54, 1.807) is 0 Å². The molecule has 0 radical (unpaired) electrons. The largest absolute Gasteiger partial charge is 0.143 e. The molecule has 2 aromatic rings. The third-order valence-electron chi connectivity index (χ3n) is 2.57. The quantitative estimate of drug-likeness (QED) is 0.711. The molecule has 0 saturated heterocycles. The summed E-state index contributed by atoms with van der Waals surface area (Å²) in [5, 5.41) is 0. The van der Waals surface area contributed by atoms with Crippen LogP contribution in [0.5, 0.6) is 0 Å². The van der Waals surface area contributed by atoms with Crippen molar-refractivity contribution in [1.82, 2.24) is 0 Å². The summed E-state index contributed by atoms with van der Waals surface area (Å²) < 4.78 is 0. The number of hydrogen-bond donors (Lipinski definition) is 1. The average Bonchev–Trinajstić information content (AvgIpc) is 2.29. The molecule has 0 aliphatic carbocycles. The van der Waals surface area contributed by atoms with Crippen molar-refractivity contribution in [2.45, 2.75) is 18.2 Å². The number of hydrogen-bond acceptors (Lipinski definition) is 1. The fraction of sp³-hybridized carbons (Fsp3) is 0.143. The zero-order valence-corrected chi connectivity index (χ0v) is 9.67. The van der Waals surface area contributed by atoms with Crippen LogP contribution in [0, 0.1) is 0 Å². The second kappa shape index (κ2) is 4.54. The Morgan fingerprint density at radius 3 is 2.33 bits per heavy atom. The van der Waals surface area contributed by atoms with Gasteiger partial charge in [0.2, 0.25) is 0 Å². The lowest BCUT2D eigenvalue weighted by Crippen LogP contribution is -1.88. The maximum Gasteiger partial charge on any atom is 0.0121 e. The van der Waals surface area contributed by atoms with Crippen LogP contribution < -0.4 is 0 Å². The van der Waals surface area contributed by atoms with E-state index in [1.165, 1.54) is 16.7 Å². The predicted molar refractivity (Wildman–Crippen MR) is 68.5 cm³/mol. The Morgan fingerprint density at radius 2 is 1.67 bits per heavy atom.